The molecule has 0 fully saturated rings. The Kier molecular flexibility index (Phi) is 4.96. The van der Waals surface area contributed by atoms with Crippen molar-refractivity contribution in [3.63, 3.8) is 0 Å². The van der Waals surface area contributed by atoms with Gasteiger partial charge < -0.3 is 9.84 Å². The second-order valence-electron chi connectivity index (χ2n) is 4.42. The fraction of sp³-hybridized carbons (Fsp3) is 0.636. The Bertz CT molecular complexity index is 423. The summed E-state index contributed by atoms with van der Waals surface area (Å²) in [4.78, 5) is 17.9. The summed E-state index contributed by atoms with van der Waals surface area (Å²) in [5, 5.41) is 20.8. The smallest absolute Gasteiger partial charge is 0.352 e. The zero-order chi connectivity index (χ0) is 13.7. The van der Waals surface area contributed by atoms with Crippen LogP contribution in [-0.2, 0) is 6.42 Å². The van der Waals surface area contributed by atoms with Gasteiger partial charge in [0, 0.05) is 6.42 Å². The van der Waals surface area contributed by atoms with Crippen LogP contribution in [0.3, 0.4) is 0 Å². The minimum absolute atomic E-state index is 0.0817. The van der Waals surface area contributed by atoms with Crippen LogP contribution in [0.2, 0.25) is 0 Å². The Balaban J connectivity index is 2.98. The van der Waals surface area contributed by atoms with Gasteiger partial charge in [0.15, 0.2) is 0 Å². The average molecular weight is 255 g/mol. The number of ether oxygens (including phenoxy) is 1. The lowest BCUT2D eigenvalue weighted by Gasteiger charge is -2.12. The fourth-order valence-electron chi connectivity index (χ4n) is 1.73. The summed E-state index contributed by atoms with van der Waals surface area (Å²) < 4.78 is 4.84. The van der Waals surface area contributed by atoms with Crippen molar-refractivity contribution >= 4 is 5.69 Å². The monoisotopic (exact) mass is 255 g/mol. The molecule has 0 aliphatic heterocycles. The third-order valence-corrected chi connectivity index (χ3v) is 2.41. The van der Waals surface area contributed by atoms with E-state index < -0.39 is 11.0 Å². The summed E-state index contributed by atoms with van der Waals surface area (Å²) in [6.45, 7) is 3.94. The first-order valence-electron chi connectivity index (χ1n) is 5.66. The van der Waals surface area contributed by atoms with Gasteiger partial charge in [0.05, 0.1) is 18.1 Å². The van der Waals surface area contributed by atoms with Crippen molar-refractivity contribution in [2.24, 2.45) is 5.92 Å². The van der Waals surface area contributed by atoms with Crippen molar-refractivity contribution in [1.29, 1.82) is 0 Å². The summed E-state index contributed by atoms with van der Waals surface area (Å²) in [6, 6.07) is 0. The Morgan fingerprint density at radius 2 is 2.17 bits per heavy atom. The number of aliphatic hydroxyl groups is 1. The molecule has 1 unspecified atom stereocenters. The quantitative estimate of drug-likeness (QED) is 0.608. The zero-order valence-electron chi connectivity index (χ0n) is 10.7. The van der Waals surface area contributed by atoms with E-state index in [0.717, 1.165) is 0 Å². The molecule has 1 N–H and O–H groups in total. The molecule has 1 aromatic heterocycles. The van der Waals surface area contributed by atoms with Gasteiger partial charge in [0.1, 0.15) is 12.0 Å². The summed E-state index contributed by atoms with van der Waals surface area (Å²) in [5.74, 6) is 0.226. The predicted octanol–water partition coefficient (Wildman–Crippen LogP) is 1.34. The van der Waals surface area contributed by atoms with Crippen LogP contribution >= 0.6 is 0 Å². The zero-order valence-corrected chi connectivity index (χ0v) is 10.7. The molecule has 1 rings (SSSR count). The van der Waals surface area contributed by atoms with E-state index in [1.165, 1.54) is 13.4 Å². The van der Waals surface area contributed by atoms with Gasteiger partial charge in [-0.3, -0.25) is 10.1 Å². The van der Waals surface area contributed by atoms with Crippen molar-refractivity contribution in [3.05, 3.63) is 22.1 Å². The van der Waals surface area contributed by atoms with E-state index in [1.54, 1.807) is 0 Å². The maximum atomic E-state index is 11.0. The van der Waals surface area contributed by atoms with E-state index in [4.69, 9.17) is 4.74 Å². The molecule has 100 valence electrons. The maximum absolute atomic E-state index is 11.0. The van der Waals surface area contributed by atoms with Crippen LogP contribution in [0.5, 0.6) is 5.88 Å². The van der Waals surface area contributed by atoms with Gasteiger partial charge in [-0.15, -0.1) is 0 Å². The van der Waals surface area contributed by atoms with Crippen LogP contribution in [0.15, 0.2) is 6.33 Å². The molecule has 1 heterocycles. The van der Waals surface area contributed by atoms with Crippen LogP contribution in [0, 0.1) is 16.0 Å². The molecular weight excluding hydrogens is 238 g/mol. The SMILES string of the molecule is COc1ncnc(CC(O)CC(C)C)c1[N+](=O)[O-]. The molecule has 0 aliphatic rings. The topological polar surface area (TPSA) is 98.4 Å². The van der Waals surface area contributed by atoms with Crippen LogP contribution in [0.1, 0.15) is 26.0 Å². The van der Waals surface area contributed by atoms with Gasteiger partial charge in [0.25, 0.3) is 5.88 Å². The Morgan fingerprint density at radius 3 is 2.67 bits per heavy atom. The Morgan fingerprint density at radius 1 is 1.50 bits per heavy atom. The summed E-state index contributed by atoms with van der Waals surface area (Å²) in [7, 11) is 1.31. The van der Waals surface area contributed by atoms with Gasteiger partial charge in [-0.25, -0.2) is 4.98 Å². The van der Waals surface area contributed by atoms with Gasteiger partial charge in [-0.1, -0.05) is 13.8 Å². The molecule has 0 saturated heterocycles. The van der Waals surface area contributed by atoms with Crippen molar-refractivity contribution in [3.8, 4) is 5.88 Å². The molecule has 1 aromatic rings. The minimum atomic E-state index is -0.664. The molecule has 18 heavy (non-hydrogen) atoms. The normalized spacial score (nSPS) is 12.5. The number of aliphatic hydroxyl groups excluding tert-OH is 1. The number of rotatable bonds is 6. The van der Waals surface area contributed by atoms with Crippen LogP contribution < -0.4 is 4.74 Å². The molecule has 7 heteroatoms. The van der Waals surface area contributed by atoms with Crippen molar-refractivity contribution in [1.82, 2.24) is 9.97 Å². The molecule has 0 spiro atoms. The summed E-state index contributed by atoms with van der Waals surface area (Å²) in [5.41, 5.74) is -0.0807. The van der Waals surface area contributed by atoms with Gasteiger partial charge in [0.2, 0.25) is 0 Å². The lowest BCUT2D eigenvalue weighted by Crippen LogP contribution is -2.16. The molecule has 0 amide bonds. The number of hydrogen-bond donors (Lipinski definition) is 1. The van der Waals surface area contributed by atoms with E-state index in [1.807, 2.05) is 13.8 Å². The molecule has 0 aromatic carbocycles. The highest BCUT2D eigenvalue weighted by Gasteiger charge is 2.25. The van der Waals surface area contributed by atoms with E-state index in [-0.39, 0.29) is 23.7 Å². The minimum Gasteiger partial charge on any atom is -0.476 e. The number of aromatic nitrogens is 2. The lowest BCUT2D eigenvalue weighted by atomic mass is 10.0. The van der Waals surface area contributed by atoms with Gasteiger partial charge in [-0.2, -0.15) is 4.98 Å². The fourth-order valence-corrected chi connectivity index (χ4v) is 1.73. The highest BCUT2D eigenvalue weighted by Crippen LogP contribution is 2.27. The highest BCUT2D eigenvalue weighted by molar-refractivity contribution is 5.44. The van der Waals surface area contributed by atoms with Crippen molar-refractivity contribution in [2.45, 2.75) is 32.8 Å². The largest absolute Gasteiger partial charge is 0.476 e. The first kappa shape index (κ1) is 14.3. The van der Waals surface area contributed by atoms with E-state index in [2.05, 4.69) is 9.97 Å². The molecule has 1 atom stereocenters. The molecular formula is C11H17N3O4. The first-order valence-corrected chi connectivity index (χ1v) is 5.66. The van der Waals surface area contributed by atoms with Gasteiger partial charge in [-0.05, 0) is 12.3 Å². The van der Waals surface area contributed by atoms with E-state index in [9.17, 15) is 15.2 Å². The number of nitro groups is 1. The lowest BCUT2D eigenvalue weighted by molar-refractivity contribution is -0.387. The summed E-state index contributed by atoms with van der Waals surface area (Å²) >= 11 is 0. The summed E-state index contributed by atoms with van der Waals surface area (Å²) in [6.07, 6.45) is 1.21. The number of nitrogens with zero attached hydrogens (tertiary/aromatic N) is 3. The van der Waals surface area contributed by atoms with Crippen molar-refractivity contribution < 1.29 is 14.8 Å². The molecule has 7 nitrogen and oxygen atoms in total. The van der Waals surface area contributed by atoms with Crippen LogP contribution in [0.4, 0.5) is 5.69 Å². The second-order valence-corrected chi connectivity index (χ2v) is 4.42. The van der Waals surface area contributed by atoms with Crippen LogP contribution in [-0.4, -0.2) is 33.2 Å². The highest BCUT2D eigenvalue weighted by atomic mass is 16.6. The standard InChI is InChI=1S/C11H17N3O4/c1-7(2)4-8(15)5-9-10(14(16)17)11(18-3)13-6-12-9/h6-8,15H,4-5H2,1-3H3. The number of methoxy groups -OCH3 is 1. The van der Waals surface area contributed by atoms with Crippen molar-refractivity contribution in [2.75, 3.05) is 7.11 Å². The molecule has 0 bridgehead atoms. The van der Waals surface area contributed by atoms with Gasteiger partial charge >= 0.3 is 5.69 Å². The maximum Gasteiger partial charge on any atom is 0.352 e. The first-order chi connectivity index (χ1) is 8.45. The molecule has 0 radical (unpaired) electrons. The predicted molar refractivity (Wildman–Crippen MR) is 64.4 cm³/mol. The molecule has 0 saturated carbocycles. The third kappa shape index (κ3) is 3.63. The third-order valence-electron chi connectivity index (χ3n) is 2.41. The number of hydrogen-bond acceptors (Lipinski definition) is 6. The Hall–Kier alpha value is -1.76. The second kappa shape index (κ2) is 6.25. The average Bonchev–Trinajstić information content (AvgIpc) is 2.26. The Labute approximate surface area is 105 Å². The molecule has 0 aliphatic carbocycles. The van der Waals surface area contributed by atoms with E-state index in [0.29, 0.717) is 12.3 Å². The van der Waals surface area contributed by atoms with E-state index >= 15 is 0 Å². The van der Waals surface area contributed by atoms with Crippen LogP contribution in [0.25, 0.3) is 0 Å².